The molecule has 1 aromatic heterocycles. The zero-order valence-electron chi connectivity index (χ0n) is 16.5. The number of quaternary nitrogens is 1. The second-order valence-electron chi connectivity index (χ2n) is 7.92. The van der Waals surface area contributed by atoms with Crippen LogP contribution in [0.3, 0.4) is 0 Å². The second kappa shape index (κ2) is 6.82. The number of fused-ring (bicyclic) bond motifs is 6. The molecule has 0 amide bonds. The van der Waals surface area contributed by atoms with Crippen molar-refractivity contribution < 1.29 is 23.6 Å². The van der Waals surface area contributed by atoms with Gasteiger partial charge in [0.05, 0.1) is 18.2 Å². The molecule has 1 unspecified atom stereocenters. The molecule has 2 aromatic carbocycles. The molecule has 146 valence electrons. The summed E-state index contributed by atoms with van der Waals surface area (Å²) >= 11 is 0. The Morgan fingerprint density at radius 1 is 1.21 bits per heavy atom. The number of nitrogens with one attached hydrogen (secondary N) is 1. The summed E-state index contributed by atoms with van der Waals surface area (Å²) in [6.45, 7) is 5.55. The van der Waals surface area contributed by atoms with Gasteiger partial charge in [-0.3, -0.25) is 4.90 Å². The third-order valence-electron chi connectivity index (χ3n) is 6.29. The fourth-order valence-electron chi connectivity index (χ4n) is 5.00. The summed E-state index contributed by atoms with van der Waals surface area (Å²) in [6.07, 6.45) is 5.10. The molecule has 1 aliphatic heterocycles. The van der Waals surface area contributed by atoms with Crippen LogP contribution >= 0.6 is 0 Å². The molecule has 0 bridgehead atoms. The van der Waals surface area contributed by atoms with Crippen LogP contribution in [-0.4, -0.2) is 25.3 Å². The van der Waals surface area contributed by atoms with Gasteiger partial charge in [0.15, 0.2) is 0 Å². The van der Waals surface area contributed by atoms with E-state index in [4.69, 9.17) is 13.9 Å². The summed E-state index contributed by atoms with van der Waals surface area (Å²) in [7, 11) is 0. The van der Waals surface area contributed by atoms with E-state index < -0.39 is 0 Å². The summed E-state index contributed by atoms with van der Waals surface area (Å²) in [5, 5.41) is 2.92. The van der Waals surface area contributed by atoms with Gasteiger partial charge in [0.25, 0.3) is 0 Å². The smallest absolute Gasteiger partial charge is 0.342 e. The minimum absolute atomic E-state index is 0.316. The summed E-state index contributed by atoms with van der Waals surface area (Å²) in [5.41, 5.74) is 2.41. The summed E-state index contributed by atoms with van der Waals surface area (Å²) in [6, 6.07) is 8.77. The number of carbonyl (C=O) groups excluding carboxylic acids is 1. The van der Waals surface area contributed by atoms with E-state index in [2.05, 4.69) is 6.07 Å². The van der Waals surface area contributed by atoms with E-state index >= 15 is 0 Å². The molecular formula is C23H26NO4+. The van der Waals surface area contributed by atoms with Crippen LogP contribution in [0.4, 0.5) is 0 Å². The van der Waals surface area contributed by atoms with Gasteiger partial charge in [0.1, 0.15) is 29.2 Å². The van der Waals surface area contributed by atoms with Gasteiger partial charge in [-0.2, -0.15) is 0 Å². The maximum Gasteiger partial charge on any atom is 0.342 e. The van der Waals surface area contributed by atoms with Crippen molar-refractivity contribution in [3.63, 3.8) is 0 Å². The molecule has 1 atom stereocenters. The Bertz CT molecular complexity index is 1060. The number of carbonyl (C=O) groups is 1. The number of esters is 1. The number of hydrogen-bond donors (Lipinski definition) is 1. The molecular weight excluding hydrogens is 354 g/mol. The van der Waals surface area contributed by atoms with Crippen molar-refractivity contribution in [1.82, 2.24) is 0 Å². The van der Waals surface area contributed by atoms with Gasteiger partial charge in [0.2, 0.25) is 6.73 Å². The Morgan fingerprint density at radius 2 is 1.96 bits per heavy atom. The predicted molar refractivity (Wildman–Crippen MR) is 107 cm³/mol. The number of furan rings is 1. The lowest BCUT2D eigenvalue weighted by Gasteiger charge is -2.31. The number of aryl methyl sites for hydroxylation is 1. The molecule has 0 spiro atoms. The maximum absolute atomic E-state index is 12.8. The zero-order chi connectivity index (χ0) is 19.3. The van der Waals surface area contributed by atoms with Crippen molar-refractivity contribution in [1.29, 1.82) is 0 Å². The fourth-order valence-corrected chi connectivity index (χ4v) is 5.00. The third-order valence-corrected chi connectivity index (χ3v) is 6.29. The molecule has 0 radical (unpaired) electrons. The Kier molecular flexibility index (Phi) is 4.27. The van der Waals surface area contributed by atoms with Crippen LogP contribution < -0.4 is 9.64 Å². The molecule has 5 heteroatoms. The van der Waals surface area contributed by atoms with E-state index in [-0.39, 0.29) is 5.97 Å². The van der Waals surface area contributed by atoms with Gasteiger partial charge in [-0.15, -0.1) is 0 Å². The van der Waals surface area contributed by atoms with Crippen LogP contribution in [0.15, 0.2) is 28.7 Å². The molecule has 5 rings (SSSR count). The Labute approximate surface area is 164 Å². The average molecular weight is 380 g/mol. The topological polar surface area (TPSA) is 53.1 Å². The van der Waals surface area contributed by atoms with Gasteiger partial charge in [-0.1, -0.05) is 24.3 Å². The minimum atomic E-state index is -0.316. The van der Waals surface area contributed by atoms with E-state index in [0.717, 1.165) is 39.6 Å². The number of benzene rings is 2. The van der Waals surface area contributed by atoms with Gasteiger partial charge in [-0.05, 0) is 39.5 Å². The molecule has 1 aliphatic carbocycles. The first-order valence-electron chi connectivity index (χ1n) is 10.3. The first-order chi connectivity index (χ1) is 13.7. The molecule has 2 aliphatic rings. The van der Waals surface area contributed by atoms with E-state index in [9.17, 15) is 4.79 Å². The molecule has 1 saturated carbocycles. The van der Waals surface area contributed by atoms with Crippen LogP contribution in [0.5, 0.6) is 5.75 Å². The molecule has 3 aromatic rings. The highest BCUT2D eigenvalue weighted by Crippen LogP contribution is 2.42. The van der Waals surface area contributed by atoms with Crippen LogP contribution in [0.2, 0.25) is 0 Å². The SMILES string of the molecule is CCOC(=O)c1c(C)oc2c1c1c(c3ccccc32)OC[NH+](C2CCCC2)C1. The lowest BCUT2D eigenvalue weighted by Crippen LogP contribution is -3.15. The minimum Gasteiger partial charge on any atom is -0.462 e. The normalized spacial score (nSPS) is 19.7. The number of hydrogen-bond acceptors (Lipinski definition) is 4. The highest BCUT2D eigenvalue weighted by molar-refractivity contribution is 6.16. The van der Waals surface area contributed by atoms with Crippen molar-refractivity contribution in [3.8, 4) is 5.75 Å². The molecule has 28 heavy (non-hydrogen) atoms. The highest BCUT2D eigenvalue weighted by atomic mass is 16.5. The molecule has 5 nitrogen and oxygen atoms in total. The van der Waals surface area contributed by atoms with Crippen LogP contribution in [-0.2, 0) is 11.3 Å². The first-order valence-corrected chi connectivity index (χ1v) is 10.3. The van der Waals surface area contributed by atoms with Crippen LogP contribution in [0, 0.1) is 6.92 Å². The quantitative estimate of drug-likeness (QED) is 0.703. The maximum atomic E-state index is 12.8. The van der Waals surface area contributed by atoms with Crippen molar-refractivity contribution >= 4 is 27.7 Å². The first kappa shape index (κ1) is 17.6. The average Bonchev–Trinajstić information content (AvgIpc) is 3.36. The summed E-state index contributed by atoms with van der Waals surface area (Å²) < 4.78 is 17.8. The third kappa shape index (κ3) is 2.60. The van der Waals surface area contributed by atoms with Gasteiger partial charge >= 0.3 is 5.97 Å². The molecule has 1 N–H and O–H groups in total. The van der Waals surface area contributed by atoms with Gasteiger partial charge < -0.3 is 13.9 Å². The number of rotatable bonds is 3. The number of ether oxygens (including phenoxy) is 2. The Morgan fingerprint density at radius 3 is 2.71 bits per heavy atom. The summed E-state index contributed by atoms with van der Waals surface area (Å²) in [5.74, 6) is 1.19. The second-order valence-corrected chi connectivity index (χ2v) is 7.92. The van der Waals surface area contributed by atoms with Gasteiger partial charge in [-0.25, -0.2) is 4.79 Å². The van der Waals surface area contributed by atoms with Crippen LogP contribution in [0.25, 0.3) is 21.7 Å². The van der Waals surface area contributed by atoms with E-state index in [1.165, 1.54) is 30.6 Å². The lowest BCUT2D eigenvalue weighted by molar-refractivity contribution is -0.955. The van der Waals surface area contributed by atoms with Crippen molar-refractivity contribution in [3.05, 3.63) is 41.2 Å². The lowest BCUT2D eigenvalue weighted by atomic mass is 9.96. The molecule has 1 fully saturated rings. The zero-order valence-corrected chi connectivity index (χ0v) is 16.5. The monoisotopic (exact) mass is 380 g/mol. The Hall–Kier alpha value is -2.53. The predicted octanol–water partition coefficient (Wildman–Crippen LogP) is 3.75. The van der Waals surface area contributed by atoms with Crippen molar-refractivity contribution in [2.45, 2.75) is 52.1 Å². The van der Waals surface area contributed by atoms with Crippen LogP contribution in [0.1, 0.15) is 54.3 Å². The molecule has 2 heterocycles. The molecule has 0 saturated heterocycles. The standard InChI is InChI=1S/C23H25NO4/c1-3-26-23(25)19-14(2)28-22-17-11-7-6-10-16(17)21-18(20(19)22)12-24(13-27-21)15-8-4-5-9-15/h6-7,10-11,15H,3-5,8-9,12-13H2,1-2H3/p+1. The fraction of sp³-hybridized carbons (Fsp3) is 0.435. The van der Waals surface area contributed by atoms with Gasteiger partial charge in [0, 0.05) is 16.2 Å². The van der Waals surface area contributed by atoms with E-state index in [1.807, 2.05) is 32.0 Å². The van der Waals surface area contributed by atoms with Crippen molar-refractivity contribution in [2.75, 3.05) is 13.3 Å². The van der Waals surface area contributed by atoms with Crippen molar-refractivity contribution in [2.24, 2.45) is 0 Å². The summed E-state index contributed by atoms with van der Waals surface area (Å²) in [4.78, 5) is 14.2. The van der Waals surface area contributed by atoms with E-state index in [0.29, 0.717) is 30.7 Å². The largest absolute Gasteiger partial charge is 0.462 e. The highest BCUT2D eigenvalue weighted by Gasteiger charge is 2.35. The Balaban J connectivity index is 1.76. The van der Waals surface area contributed by atoms with E-state index in [1.54, 1.807) is 0 Å².